The fourth-order valence-corrected chi connectivity index (χ4v) is 3.06. The van der Waals surface area contributed by atoms with Gasteiger partial charge in [0.25, 0.3) is 5.91 Å². The molecule has 0 saturated carbocycles. The zero-order valence-corrected chi connectivity index (χ0v) is 14.6. The Balaban J connectivity index is 2.01. The van der Waals surface area contributed by atoms with Crippen molar-refractivity contribution in [3.8, 4) is 5.13 Å². The van der Waals surface area contributed by atoms with Crippen LogP contribution in [0.4, 0.5) is 0 Å². The summed E-state index contributed by atoms with van der Waals surface area (Å²) < 4.78 is 6.98. The summed E-state index contributed by atoms with van der Waals surface area (Å²) in [6.45, 7) is 7.67. The molecule has 0 aliphatic heterocycles. The maximum absolute atomic E-state index is 12.3. The van der Waals surface area contributed by atoms with E-state index in [0.717, 1.165) is 16.5 Å². The highest BCUT2D eigenvalue weighted by atomic mass is 32.1. The minimum absolute atomic E-state index is 0.143. The van der Waals surface area contributed by atoms with Gasteiger partial charge in [-0.3, -0.25) is 14.2 Å². The van der Waals surface area contributed by atoms with Crippen LogP contribution in [0.1, 0.15) is 42.0 Å². The lowest BCUT2D eigenvalue weighted by Crippen LogP contribution is -2.27. The second kappa shape index (κ2) is 7.41. The van der Waals surface area contributed by atoms with Gasteiger partial charge in [0, 0.05) is 29.5 Å². The number of carbonyl (C=O) groups is 2. The summed E-state index contributed by atoms with van der Waals surface area (Å²) in [5.41, 5.74) is 2.37. The number of hydrogen-bond donors (Lipinski definition) is 1. The molecule has 0 aliphatic carbocycles. The smallest absolute Gasteiger partial charge is 0.307 e. The van der Waals surface area contributed by atoms with E-state index in [-0.39, 0.29) is 30.9 Å². The Morgan fingerprint density at radius 1 is 1.39 bits per heavy atom. The molecule has 124 valence electrons. The average molecular weight is 335 g/mol. The summed E-state index contributed by atoms with van der Waals surface area (Å²) in [5, 5.41) is 5.49. The number of rotatable bonds is 6. The van der Waals surface area contributed by atoms with E-state index in [1.54, 1.807) is 20.0 Å². The van der Waals surface area contributed by atoms with Crippen molar-refractivity contribution in [1.82, 2.24) is 14.9 Å². The predicted octanol–water partition coefficient (Wildman–Crippen LogP) is 2.62. The van der Waals surface area contributed by atoms with Crippen LogP contribution in [0.2, 0.25) is 0 Å². The van der Waals surface area contributed by atoms with Gasteiger partial charge in [0.2, 0.25) is 0 Å². The van der Waals surface area contributed by atoms with E-state index in [1.165, 1.54) is 11.3 Å². The minimum Gasteiger partial charge on any atom is -0.463 e. The SMILES string of the molecule is Cc1cc(C(=O)NCCC(=O)OC(C)C)c(C)n1-c1nccs1. The highest BCUT2D eigenvalue weighted by molar-refractivity contribution is 7.12. The van der Waals surface area contributed by atoms with E-state index in [2.05, 4.69) is 10.3 Å². The maximum atomic E-state index is 12.3. The van der Waals surface area contributed by atoms with Crippen molar-refractivity contribution in [3.63, 3.8) is 0 Å². The highest BCUT2D eigenvalue weighted by Gasteiger charge is 2.17. The molecule has 2 heterocycles. The summed E-state index contributed by atoms with van der Waals surface area (Å²) >= 11 is 1.52. The minimum atomic E-state index is -0.312. The Labute approximate surface area is 139 Å². The monoisotopic (exact) mass is 335 g/mol. The molecule has 0 saturated heterocycles. The van der Waals surface area contributed by atoms with Crippen LogP contribution in [0.15, 0.2) is 17.6 Å². The molecule has 0 unspecified atom stereocenters. The molecule has 0 aliphatic rings. The van der Waals surface area contributed by atoms with E-state index in [9.17, 15) is 9.59 Å². The number of esters is 1. The van der Waals surface area contributed by atoms with Gasteiger partial charge in [0.05, 0.1) is 18.1 Å². The van der Waals surface area contributed by atoms with Gasteiger partial charge in [-0.2, -0.15) is 0 Å². The van der Waals surface area contributed by atoms with Gasteiger partial charge in [0.15, 0.2) is 5.13 Å². The van der Waals surface area contributed by atoms with Crippen LogP contribution in [0.3, 0.4) is 0 Å². The number of amides is 1. The van der Waals surface area contributed by atoms with Gasteiger partial charge in [-0.15, -0.1) is 11.3 Å². The molecule has 0 radical (unpaired) electrons. The van der Waals surface area contributed by atoms with Gasteiger partial charge in [-0.05, 0) is 33.8 Å². The second-order valence-corrected chi connectivity index (χ2v) is 6.35. The van der Waals surface area contributed by atoms with Crippen LogP contribution in [0.25, 0.3) is 5.13 Å². The molecule has 1 N–H and O–H groups in total. The zero-order valence-electron chi connectivity index (χ0n) is 13.8. The van der Waals surface area contributed by atoms with Crippen LogP contribution in [-0.4, -0.2) is 34.1 Å². The third-order valence-electron chi connectivity index (χ3n) is 3.27. The van der Waals surface area contributed by atoms with Gasteiger partial charge < -0.3 is 10.1 Å². The molecular weight excluding hydrogens is 314 g/mol. The van der Waals surface area contributed by atoms with Crippen molar-refractivity contribution < 1.29 is 14.3 Å². The zero-order chi connectivity index (χ0) is 17.0. The first kappa shape index (κ1) is 17.2. The fraction of sp³-hybridized carbons (Fsp3) is 0.438. The number of aryl methyl sites for hydroxylation is 1. The molecule has 0 fully saturated rings. The standard InChI is InChI=1S/C16H21N3O3S/c1-10(2)22-14(20)5-6-17-15(21)13-9-11(3)19(12(13)4)16-18-7-8-23-16/h7-10H,5-6H2,1-4H3,(H,17,21). The Bertz CT molecular complexity index is 690. The quantitative estimate of drug-likeness (QED) is 0.824. The first-order valence-electron chi connectivity index (χ1n) is 7.46. The Morgan fingerprint density at radius 3 is 2.74 bits per heavy atom. The molecule has 0 spiro atoms. The van der Waals surface area contributed by atoms with Crippen molar-refractivity contribution in [3.05, 3.63) is 34.6 Å². The largest absolute Gasteiger partial charge is 0.463 e. The Hall–Kier alpha value is -2.15. The van der Waals surface area contributed by atoms with Crippen molar-refractivity contribution in [1.29, 1.82) is 0 Å². The summed E-state index contributed by atoms with van der Waals surface area (Å²) in [6, 6.07) is 1.83. The third-order valence-corrected chi connectivity index (χ3v) is 4.02. The predicted molar refractivity (Wildman–Crippen MR) is 89.1 cm³/mol. The molecule has 2 aromatic rings. The van der Waals surface area contributed by atoms with Crippen molar-refractivity contribution in [2.75, 3.05) is 6.54 Å². The number of ether oxygens (including phenoxy) is 1. The van der Waals surface area contributed by atoms with Crippen LogP contribution in [0.5, 0.6) is 0 Å². The van der Waals surface area contributed by atoms with E-state index < -0.39 is 0 Å². The lowest BCUT2D eigenvalue weighted by molar-refractivity contribution is -0.147. The molecule has 0 bridgehead atoms. The number of carbonyl (C=O) groups excluding carboxylic acids is 2. The molecule has 0 aromatic carbocycles. The van der Waals surface area contributed by atoms with Crippen LogP contribution >= 0.6 is 11.3 Å². The summed E-state index contributed by atoms with van der Waals surface area (Å²) in [7, 11) is 0. The average Bonchev–Trinajstić information content (AvgIpc) is 3.06. The molecule has 6 nitrogen and oxygen atoms in total. The van der Waals surface area contributed by atoms with Crippen molar-refractivity contribution >= 4 is 23.2 Å². The molecule has 1 amide bonds. The summed E-state index contributed by atoms with van der Waals surface area (Å²) in [5.74, 6) is -0.508. The van der Waals surface area contributed by atoms with E-state index in [0.29, 0.717) is 5.56 Å². The van der Waals surface area contributed by atoms with Gasteiger partial charge >= 0.3 is 5.97 Å². The summed E-state index contributed by atoms with van der Waals surface area (Å²) in [6.07, 6.45) is 1.75. The van der Waals surface area contributed by atoms with Crippen molar-refractivity contribution in [2.45, 2.75) is 40.2 Å². The van der Waals surface area contributed by atoms with Crippen molar-refractivity contribution in [2.24, 2.45) is 0 Å². The van der Waals surface area contributed by atoms with Crippen LogP contribution < -0.4 is 5.32 Å². The maximum Gasteiger partial charge on any atom is 0.307 e. The van der Waals surface area contributed by atoms with Gasteiger partial charge in [0.1, 0.15) is 0 Å². The highest BCUT2D eigenvalue weighted by Crippen LogP contribution is 2.22. The number of nitrogens with zero attached hydrogens (tertiary/aromatic N) is 2. The topological polar surface area (TPSA) is 73.2 Å². The Morgan fingerprint density at radius 2 is 2.13 bits per heavy atom. The van der Waals surface area contributed by atoms with Gasteiger partial charge in [-0.25, -0.2) is 4.98 Å². The fourth-order valence-electron chi connectivity index (χ4n) is 2.31. The Kier molecular flexibility index (Phi) is 5.54. The van der Waals surface area contributed by atoms with E-state index in [4.69, 9.17) is 4.74 Å². The number of hydrogen-bond acceptors (Lipinski definition) is 5. The van der Waals surface area contributed by atoms with E-state index in [1.807, 2.05) is 29.9 Å². The lowest BCUT2D eigenvalue weighted by atomic mass is 10.2. The molecule has 23 heavy (non-hydrogen) atoms. The van der Waals surface area contributed by atoms with Crippen LogP contribution in [-0.2, 0) is 9.53 Å². The molecular formula is C16H21N3O3S. The number of aromatic nitrogens is 2. The molecule has 0 atom stereocenters. The van der Waals surface area contributed by atoms with E-state index >= 15 is 0 Å². The lowest BCUT2D eigenvalue weighted by Gasteiger charge is -2.09. The molecule has 7 heteroatoms. The second-order valence-electron chi connectivity index (χ2n) is 5.48. The molecule has 2 rings (SSSR count). The first-order valence-corrected chi connectivity index (χ1v) is 8.34. The summed E-state index contributed by atoms with van der Waals surface area (Å²) in [4.78, 5) is 28.1. The molecule has 2 aromatic heterocycles. The number of thiazole rings is 1. The normalized spacial score (nSPS) is 10.8. The number of nitrogens with one attached hydrogen (secondary N) is 1. The third kappa shape index (κ3) is 4.19. The van der Waals surface area contributed by atoms with Gasteiger partial charge in [-0.1, -0.05) is 0 Å². The first-order chi connectivity index (χ1) is 10.9. The van der Waals surface area contributed by atoms with Crippen LogP contribution in [0, 0.1) is 13.8 Å².